The van der Waals surface area contributed by atoms with Gasteiger partial charge in [-0.3, -0.25) is 0 Å². The topological polar surface area (TPSA) is 72.6 Å². The molecule has 1 heterocycles. The minimum absolute atomic E-state index is 0.0817. The maximum atomic E-state index is 11.6. The number of rotatable bonds is 4. The number of hydrogen-bond acceptors (Lipinski definition) is 4. The van der Waals surface area contributed by atoms with Crippen LogP contribution < -0.4 is 0 Å². The lowest BCUT2D eigenvalue weighted by Crippen LogP contribution is -2.21. The third-order valence-electron chi connectivity index (χ3n) is 3.16. The quantitative estimate of drug-likeness (QED) is 0.908. The van der Waals surface area contributed by atoms with Crippen molar-refractivity contribution in [2.75, 3.05) is 7.11 Å². The Morgan fingerprint density at radius 3 is 2.38 bits per heavy atom. The van der Waals surface area contributed by atoms with Crippen molar-refractivity contribution in [3.63, 3.8) is 0 Å². The van der Waals surface area contributed by atoms with Gasteiger partial charge in [-0.05, 0) is 26.0 Å². The highest BCUT2D eigenvalue weighted by atomic mass is 35.5. The predicted molar refractivity (Wildman–Crippen MR) is 79.0 cm³/mol. The zero-order valence-electron chi connectivity index (χ0n) is 11.6. The molecule has 0 fully saturated rings. The van der Waals surface area contributed by atoms with Crippen molar-refractivity contribution in [2.24, 2.45) is 0 Å². The fourth-order valence-electron chi connectivity index (χ4n) is 1.89. The summed E-state index contributed by atoms with van der Waals surface area (Å²) in [4.78, 5) is 11.6. The van der Waals surface area contributed by atoms with Crippen molar-refractivity contribution in [2.45, 2.75) is 19.4 Å². The van der Waals surface area contributed by atoms with Crippen molar-refractivity contribution < 1.29 is 19.2 Å². The number of nitrogens with zero attached hydrogens (tertiary/aromatic N) is 1. The molecule has 1 N–H and O–H groups in total. The Hall–Kier alpha value is -1.56. The molecule has 0 amide bonds. The highest BCUT2D eigenvalue weighted by Gasteiger charge is 2.35. The van der Waals surface area contributed by atoms with Gasteiger partial charge in [0.1, 0.15) is 16.9 Å². The van der Waals surface area contributed by atoms with E-state index in [0.29, 0.717) is 15.6 Å². The molecule has 112 valence electrons. The molecule has 0 aliphatic heterocycles. The van der Waals surface area contributed by atoms with Gasteiger partial charge in [0.05, 0.1) is 10.0 Å². The first-order valence-electron chi connectivity index (χ1n) is 6.02. The lowest BCUT2D eigenvalue weighted by molar-refractivity contribution is -0.00483. The molecule has 0 saturated carbocycles. The van der Waals surface area contributed by atoms with E-state index < -0.39 is 11.6 Å². The number of halogens is 2. The Morgan fingerprint density at radius 2 is 1.90 bits per heavy atom. The second-order valence-corrected chi connectivity index (χ2v) is 5.67. The molecular weight excluding hydrogens is 317 g/mol. The van der Waals surface area contributed by atoms with Crippen LogP contribution >= 0.6 is 23.2 Å². The average Bonchev–Trinajstić information content (AvgIpc) is 2.84. The number of carbonyl (C=O) groups is 1. The highest BCUT2D eigenvalue weighted by Crippen LogP contribution is 2.39. The van der Waals surface area contributed by atoms with Crippen LogP contribution in [0.3, 0.4) is 0 Å². The number of aromatic carboxylic acids is 1. The molecule has 2 rings (SSSR count). The maximum absolute atomic E-state index is 11.6. The van der Waals surface area contributed by atoms with Gasteiger partial charge in [-0.1, -0.05) is 34.4 Å². The molecule has 1 aromatic heterocycles. The van der Waals surface area contributed by atoms with E-state index >= 15 is 0 Å². The molecule has 0 saturated heterocycles. The van der Waals surface area contributed by atoms with E-state index in [1.807, 2.05) is 0 Å². The van der Waals surface area contributed by atoms with E-state index in [1.165, 1.54) is 7.11 Å². The lowest BCUT2D eigenvalue weighted by atomic mass is 9.97. The summed E-state index contributed by atoms with van der Waals surface area (Å²) in [5, 5.41) is 13.9. The Morgan fingerprint density at radius 1 is 1.33 bits per heavy atom. The van der Waals surface area contributed by atoms with Crippen LogP contribution in [0.5, 0.6) is 0 Å². The molecule has 0 atom stereocenters. The predicted octanol–water partition coefficient (Wildman–Crippen LogP) is 4.23. The number of carboxylic acid groups (broad SMARTS) is 1. The molecule has 0 aliphatic rings. The van der Waals surface area contributed by atoms with Gasteiger partial charge in [0.25, 0.3) is 0 Å². The number of benzene rings is 1. The van der Waals surface area contributed by atoms with Gasteiger partial charge >= 0.3 is 5.97 Å². The van der Waals surface area contributed by atoms with Gasteiger partial charge in [-0.15, -0.1) is 0 Å². The molecule has 2 aromatic rings. The van der Waals surface area contributed by atoms with E-state index in [4.69, 9.17) is 32.5 Å². The minimum Gasteiger partial charge on any atom is -0.477 e. The molecule has 0 aliphatic carbocycles. The van der Waals surface area contributed by atoms with Crippen LogP contribution in [0.1, 0.15) is 30.0 Å². The third kappa shape index (κ3) is 2.77. The first-order chi connectivity index (χ1) is 9.79. The van der Waals surface area contributed by atoms with Crippen LogP contribution in [0.25, 0.3) is 11.3 Å². The molecule has 7 heteroatoms. The van der Waals surface area contributed by atoms with Crippen LogP contribution in [0.2, 0.25) is 10.0 Å². The highest BCUT2D eigenvalue weighted by molar-refractivity contribution is 6.39. The van der Waals surface area contributed by atoms with E-state index in [0.717, 1.165) is 0 Å². The molecule has 0 spiro atoms. The minimum atomic E-state index is -1.19. The van der Waals surface area contributed by atoms with E-state index in [1.54, 1.807) is 32.0 Å². The summed E-state index contributed by atoms with van der Waals surface area (Å²) in [5.41, 5.74) is -0.664. The number of hydrogen-bond donors (Lipinski definition) is 1. The summed E-state index contributed by atoms with van der Waals surface area (Å²) >= 11 is 12.2. The molecule has 1 aromatic carbocycles. The number of aromatic nitrogens is 1. The van der Waals surface area contributed by atoms with Crippen molar-refractivity contribution in [3.05, 3.63) is 39.6 Å². The van der Waals surface area contributed by atoms with Gasteiger partial charge in [0, 0.05) is 12.7 Å². The van der Waals surface area contributed by atoms with Crippen molar-refractivity contribution >= 4 is 29.2 Å². The fraction of sp³-hybridized carbons (Fsp3) is 0.286. The first-order valence-corrected chi connectivity index (χ1v) is 6.78. The van der Waals surface area contributed by atoms with Crippen LogP contribution in [0, 0.1) is 0 Å². The number of carboxylic acids is 1. The van der Waals surface area contributed by atoms with Gasteiger partial charge in [-0.25, -0.2) is 4.79 Å². The zero-order valence-corrected chi connectivity index (χ0v) is 13.1. The van der Waals surface area contributed by atoms with Gasteiger partial charge in [0.2, 0.25) is 0 Å². The van der Waals surface area contributed by atoms with Crippen molar-refractivity contribution in [1.82, 2.24) is 5.16 Å². The Labute approximate surface area is 131 Å². The second kappa shape index (κ2) is 5.67. The normalized spacial score (nSPS) is 11.7. The summed E-state index contributed by atoms with van der Waals surface area (Å²) in [6, 6.07) is 4.86. The van der Waals surface area contributed by atoms with Crippen LogP contribution in [-0.4, -0.2) is 23.3 Å². The van der Waals surface area contributed by atoms with Crippen LogP contribution in [0.4, 0.5) is 0 Å². The molecule has 5 nitrogen and oxygen atoms in total. The molecule has 0 unspecified atom stereocenters. The maximum Gasteiger partial charge on any atom is 0.341 e. The summed E-state index contributed by atoms with van der Waals surface area (Å²) in [5.74, 6) is -1.09. The largest absolute Gasteiger partial charge is 0.477 e. The molecular formula is C14H13Cl2NO4. The Bertz CT molecular complexity index is 674. The van der Waals surface area contributed by atoms with Gasteiger partial charge < -0.3 is 14.4 Å². The zero-order chi connectivity index (χ0) is 15.8. The van der Waals surface area contributed by atoms with Crippen LogP contribution in [-0.2, 0) is 10.3 Å². The van der Waals surface area contributed by atoms with E-state index in [9.17, 15) is 9.90 Å². The van der Waals surface area contributed by atoms with Crippen molar-refractivity contribution in [1.29, 1.82) is 0 Å². The number of methoxy groups -OCH3 is 1. The Kier molecular flexibility index (Phi) is 4.27. The lowest BCUT2D eigenvalue weighted by Gasteiger charge is -2.19. The number of ether oxygens (including phenoxy) is 1. The van der Waals surface area contributed by atoms with Crippen molar-refractivity contribution in [3.8, 4) is 11.3 Å². The summed E-state index contributed by atoms with van der Waals surface area (Å²) in [6.45, 7) is 3.36. The summed E-state index contributed by atoms with van der Waals surface area (Å²) in [6.07, 6.45) is 0. The second-order valence-electron chi connectivity index (χ2n) is 4.85. The smallest absolute Gasteiger partial charge is 0.341 e. The average molecular weight is 330 g/mol. The van der Waals surface area contributed by atoms with E-state index in [2.05, 4.69) is 5.16 Å². The van der Waals surface area contributed by atoms with Gasteiger partial charge in [0.15, 0.2) is 5.76 Å². The standard InChI is InChI=1S/C14H13Cl2NO4/c1-14(2,20-3)12-10(13(18)19)11(17-21-12)9-7(15)5-4-6-8(9)16/h4-6H,1-3H3,(H,18,19). The third-order valence-corrected chi connectivity index (χ3v) is 3.79. The van der Waals surface area contributed by atoms with Crippen LogP contribution in [0.15, 0.2) is 22.7 Å². The Balaban J connectivity index is 2.75. The fourth-order valence-corrected chi connectivity index (χ4v) is 2.46. The molecule has 21 heavy (non-hydrogen) atoms. The van der Waals surface area contributed by atoms with E-state index in [-0.39, 0.29) is 17.0 Å². The monoisotopic (exact) mass is 329 g/mol. The molecule has 0 radical (unpaired) electrons. The summed E-state index contributed by atoms with van der Waals surface area (Å²) in [7, 11) is 1.45. The first kappa shape index (κ1) is 15.8. The SMILES string of the molecule is COC(C)(C)c1onc(-c2c(Cl)cccc2Cl)c1C(=O)O. The molecule has 0 bridgehead atoms. The van der Waals surface area contributed by atoms with Gasteiger partial charge in [-0.2, -0.15) is 0 Å². The summed E-state index contributed by atoms with van der Waals surface area (Å²) < 4.78 is 10.5.